The number of carbonyl (C=O) groups is 3. The van der Waals surface area contributed by atoms with Gasteiger partial charge in [0.15, 0.2) is 0 Å². The summed E-state index contributed by atoms with van der Waals surface area (Å²) in [6.45, 7) is 12.1. The van der Waals surface area contributed by atoms with E-state index in [4.69, 9.17) is 9.47 Å². The number of anilines is 1. The minimum Gasteiger partial charge on any atom is -0.494 e. The number of para-hydroxylation sites is 1. The first-order valence-corrected chi connectivity index (χ1v) is 18.2. The van der Waals surface area contributed by atoms with Gasteiger partial charge in [-0.3, -0.25) is 14.4 Å². The molecule has 3 saturated heterocycles. The molecule has 1 N–H and O–H groups in total. The maximum absolute atomic E-state index is 15.2. The maximum Gasteiger partial charge on any atom is 0.250 e. The van der Waals surface area contributed by atoms with Crippen LogP contribution >= 0.6 is 0 Å². The average molecular weight is 719 g/mol. The summed E-state index contributed by atoms with van der Waals surface area (Å²) >= 11 is 0. The van der Waals surface area contributed by atoms with Crippen molar-refractivity contribution < 1.29 is 29.0 Å². The van der Waals surface area contributed by atoms with Crippen molar-refractivity contribution in [3.05, 3.63) is 110 Å². The van der Waals surface area contributed by atoms with Crippen LogP contribution in [0.5, 0.6) is 5.75 Å². The number of rotatable bonds is 15. The van der Waals surface area contributed by atoms with Gasteiger partial charge in [-0.1, -0.05) is 59.8 Å². The van der Waals surface area contributed by atoms with E-state index in [-0.39, 0.29) is 37.5 Å². The van der Waals surface area contributed by atoms with E-state index in [1.165, 1.54) is 4.90 Å². The lowest BCUT2D eigenvalue weighted by atomic mass is 9.66. The number of hydrogen-bond donors (Lipinski definition) is 1. The Morgan fingerprint density at radius 2 is 1.74 bits per heavy atom. The van der Waals surface area contributed by atoms with E-state index in [9.17, 15) is 9.90 Å². The van der Waals surface area contributed by atoms with Crippen LogP contribution in [-0.4, -0.2) is 97.2 Å². The normalized spacial score (nSPS) is 24.9. The number of fused-ring (bicyclic) bond motifs is 2. The second-order valence-electron chi connectivity index (χ2n) is 14.2. The lowest BCUT2D eigenvalue weighted by Gasteiger charge is -2.39. The third-order valence-electron chi connectivity index (χ3n) is 11.1. The van der Waals surface area contributed by atoms with E-state index in [2.05, 4.69) is 23.5 Å². The lowest BCUT2D eigenvalue weighted by Crippen LogP contribution is -2.59. The summed E-state index contributed by atoms with van der Waals surface area (Å²) in [5.41, 5.74) is 0.608. The van der Waals surface area contributed by atoms with Crippen LogP contribution in [0.1, 0.15) is 32.3 Å². The van der Waals surface area contributed by atoms with Crippen molar-refractivity contribution in [3.8, 4) is 5.75 Å². The summed E-state index contributed by atoms with van der Waals surface area (Å²) in [4.78, 5) is 50.0. The van der Waals surface area contributed by atoms with Gasteiger partial charge in [0.2, 0.25) is 17.7 Å². The molecule has 2 unspecified atom stereocenters. The number of aliphatic hydroxyl groups is 1. The molecule has 53 heavy (non-hydrogen) atoms. The second-order valence-corrected chi connectivity index (χ2v) is 14.2. The second kappa shape index (κ2) is 14.6. The Kier molecular flexibility index (Phi) is 9.93. The van der Waals surface area contributed by atoms with E-state index in [1.54, 1.807) is 26.6 Å². The molecule has 0 radical (unpaired) electrons. The predicted molar refractivity (Wildman–Crippen MR) is 200 cm³/mol. The van der Waals surface area contributed by atoms with Crippen LogP contribution in [0.15, 0.2) is 104 Å². The zero-order valence-electron chi connectivity index (χ0n) is 30.2. The van der Waals surface area contributed by atoms with Gasteiger partial charge >= 0.3 is 0 Å². The zero-order chi connectivity index (χ0) is 37.3. The summed E-state index contributed by atoms with van der Waals surface area (Å²) in [5.74, 6) is -2.24. The Hall–Kier alpha value is -5.33. The van der Waals surface area contributed by atoms with Crippen LogP contribution in [0, 0.1) is 11.8 Å². The fourth-order valence-electron chi connectivity index (χ4n) is 8.79. The molecule has 4 heterocycles. The monoisotopic (exact) mass is 718 g/mol. The first-order chi connectivity index (χ1) is 25.7. The topological polar surface area (TPSA) is 130 Å². The molecule has 3 fully saturated rings. The SMILES string of the molecule is C=CCN(Cn1nnc2ccccc21)C(=O)C1N([C@@H](CO)Cc2ccccc2)C(=O)[C@@H]2[C@H](C(=O)N(CC=C)c3ccc(OCC)cc3)[C@]3(C)CCC12O3. The molecule has 0 saturated carbocycles. The molecule has 6 atom stereocenters. The van der Waals surface area contributed by atoms with Gasteiger partial charge in [-0.25, -0.2) is 4.68 Å². The number of amides is 3. The van der Waals surface area contributed by atoms with Crippen molar-refractivity contribution in [2.24, 2.45) is 11.8 Å². The van der Waals surface area contributed by atoms with Gasteiger partial charge in [-0.05, 0) is 75.1 Å². The van der Waals surface area contributed by atoms with Gasteiger partial charge in [0.05, 0.1) is 42.2 Å². The number of aliphatic hydroxyl groups excluding tert-OH is 1. The van der Waals surface area contributed by atoms with Gasteiger partial charge in [0.25, 0.3) is 0 Å². The van der Waals surface area contributed by atoms with E-state index < -0.39 is 41.7 Å². The first kappa shape index (κ1) is 36.0. The van der Waals surface area contributed by atoms with Crippen LogP contribution in [-0.2, 0) is 32.2 Å². The van der Waals surface area contributed by atoms with Crippen LogP contribution in [0.25, 0.3) is 11.0 Å². The highest BCUT2D eigenvalue weighted by Gasteiger charge is 2.79. The molecule has 12 heteroatoms. The van der Waals surface area contributed by atoms with Crippen LogP contribution < -0.4 is 9.64 Å². The Labute approximate surface area is 309 Å². The van der Waals surface area contributed by atoms with Crippen molar-refractivity contribution in [3.63, 3.8) is 0 Å². The minimum absolute atomic E-state index is 0.0393. The molecule has 4 aromatic rings. The highest BCUT2D eigenvalue weighted by Crippen LogP contribution is 2.64. The molecule has 276 valence electrons. The minimum atomic E-state index is -1.32. The summed E-state index contributed by atoms with van der Waals surface area (Å²) in [6.07, 6.45) is 4.44. The molecule has 1 spiro atoms. The number of ether oxygens (including phenoxy) is 2. The van der Waals surface area contributed by atoms with Crippen LogP contribution in [0.3, 0.4) is 0 Å². The van der Waals surface area contributed by atoms with E-state index in [0.717, 1.165) is 11.1 Å². The van der Waals surface area contributed by atoms with Crippen molar-refractivity contribution >= 4 is 34.4 Å². The number of hydrogen-bond acceptors (Lipinski definition) is 8. The Balaban J connectivity index is 1.30. The highest BCUT2D eigenvalue weighted by molar-refractivity contribution is 6.03. The van der Waals surface area contributed by atoms with Crippen LogP contribution in [0.4, 0.5) is 5.69 Å². The van der Waals surface area contributed by atoms with E-state index >= 15 is 9.59 Å². The molecule has 7 rings (SSSR count). The highest BCUT2D eigenvalue weighted by atomic mass is 16.5. The molecule has 3 aliphatic heterocycles. The predicted octanol–water partition coefficient (Wildman–Crippen LogP) is 4.39. The number of aromatic nitrogens is 3. The fraction of sp³-hybridized carbons (Fsp3) is 0.390. The maximum atomic E-state index is 15.2. The molecule has 3 aliphatic rings. The lowest BCUT2D eigenvalue weighted by molar-refractivity contribution is -0.155. The summed E-state index contributed by atoms with van der Waals surface area (Å²) < 4.78 is 14.3. The van der Waals surface area contributed by atoms with Gasteiger partial charge < -0.3 is 29.3 Å². The Bertz CT molecular complexity index is 2000. The quantitative estimate of drug-likeness (QED) is 0.179. The fourth-order valence-corrected chi connectivity index (χ4v) is 8.79. The standard InChI is InChI=1S/C41H46N6O6/c1-5-23-44(27-46-33-16-12-11-15-32(33)42-43-46)39(51)36-41-22-21-40(4,53-41)34(37(49)45(24-6-2)29-17-19-31(20-18-29)52-7-3)35(41)38(50)47(36)30(26-48)25-28-13-9-8-10-14-28/h5-6,8-20,30,34-36,48H,1-2,7,21-27H2,3-4H3/t30-,34-,35+,36?,40+,41?/m1/s1. The van der Waals surface area contributed by atoms with Gasteiger partial charge in [-0.15, -0.1) is 18.3 Å². The molecular formula is C41H46N6O6. The number of carbonyl (C=O) groups excluding carboxylic acids is 3. The van der Waals surface area contributed by atoms with Gasteiger partial charge in [0.1, 0.15) is 29.6 Å². The van der Waals surface area contributed by atoms with E-state index in [0.29, 0.717) is 42.8 Å². The van der Waals surface area contributed by atoms with Crippen molar-refractivity contribution in [1.29, 1.82) is 0 Å². The van der Waals surface area contributed by atoms with Crippen molar-refractivity contribution in [2.45, 2.75) is 63.1 Å². The summed E-state index contributed by atoms with van der Waals surface area (Å²) in [6, 6.07) is 22.4. The summed E-state index contributed by atoms with van der Waals surface area (Å²) in [5, 5.41) is 19.6. The van der Waals surface area contributed by atoms with Crippen molar-refractivity contribution in [2.75, 3.05) is 31.2 Å². The van der Waals surface area contributed by atoms with E-state index in [1.807, 2.05) is 92.7 Å². The smallest absolute Gasteiger partial charge is 0.250 e. The van der Waals surface area contributed by atoms with Gasteiger partial charge in [-0.2, -0.15) is 0 Å². The first-order valence-electron chi connectivity index (χ1n) is 18.2. The van der Waals surface area contributed by atoms with Crippen LogP contribution in [0.2, 0.25) is 0 Å². The third kappa shape index (κ3) is 6.19. The Morgan fingerprint density at radius 1 is 1.02 bits per heavy atom. The molecule has 3 aromatic carbocycles. The number of nitrogens with zero attached hydrogens (tertiary/aromatic N) is 6. The molecule has 3 amide bonds. The molecule has 1 aromatic heterocycles. The zero-order valence-corrected chi connectivity index (χ0v) is 30.2. The summed E-state index contributed by atoms with van der Waals surface area (Å²) in [7, 11) is 0. The number of benzene rings is 3. The van der Waals surface area contributed by atoms with Gasteiger partial charge in [0, 0.05) is 18.8 Å². The molecule has 0 aliphatic carbocycles. The van der Waals surface area contributed by atoms with Crippen molar-refractivity contribution in [1.82, 2.24) is 24.8 Å². The third-order valence-corrected chi connectivity index (χ3v) is 11.1. The molecule has 12 nitrogen and oxygen atoms in total. The molecular weight excluding hydrogens is 672 g/mol. The molecule has 2 bridgehead atoms. The Morgan fingerprint density at radius 3 is 2.43 bits per heavy atom. The largest absolute Gasteiger partial charge is 0.494 e. The number of likely N-dealkylation sites (tertiary alicyclic amines) is 1. The average Bonchev–Trinajstić information content (AvgIpc) is 3.88.